The number of nitrogens with zero attached hydrogens (tertiary/aromatic N) is 1. The maximum absolute atomic E-state index is 12.7. The van der Waals surface area contributed by atoms with Gasteiger partial charge in [-0.05, 0) is 42.8 Å². The SMILES string of the molecule is COc1ccc(CN(C)C(=O)c2ccc3c(c2)NC(=O)[C@@H](C)S3)cc1. The zero-order valence-corrected chi connectivity index (χ0v) is 15.2. The molecule has 1 aliphatic heterocycles. The van der Waals surface area contributed by atoms with Crippen molar-refractivity contribution >= 4 is 29.3 Å². The highest BCUT2D eigenvalue weighted by molar-refractivity contribution is 8.00. The van der Waals surface area contributed by atoms with E-state index in [2.05, 4.69) is 5.32 Å². The number of carbonyl (C=O) groups is 2. The van der Waals surface area contributed by atoms with Gasteiger partial charge in [0.05, 0.1) is 18.0 Å². The molecular weight excluding hydrogens is 336 g/mol. The molecule has 6 heteroatoms. The second-order valence-corrected chi connectivity index (χ2v) is 7.35. The summed E-state index contributed by atoms with van der Waals surface area (Å²) in [5, 5.41) is 2.74. The van der Waals surface area contributed by atoms with Gasteiger partial charge in [-0.15, -0.1) is 11.8 Å². The first-order chi connectivity index (χ1) is 12.0. The van der Waals surface area contributed by atoms with Crippen molar-refractivity contribution in [2.45, 2.75) is 23.6 Å². The van der Waals surface area contributed by atoms with Crippen molar-refractivity contribution in [3.05, 3.63) is 53.6 Å². The molecule has 3 rings (SSSR count). The summed E-state index contributed by atoms with van der Waals surface area (Å²) in [4.78, 5) is 27.2. The van der Waals surface area contributed by atoms with Crippen LogP contribution in [-0.4, -0.2) is 36.1 Å². The lowest BCUT2D eigenvalue weighted by molar-refractivity contribution is -0.115. The number of rotatable bonds is 4. The van der Waals surface area contributed by atoms with Gasteiger partial charge in [0.2, 0.25) is 5.91 Å². The molecular formula is C19H20N2O3S. The predicted molar refractivity (Wildman–Crippen MR) is 99.2 cm³/mol. The topological polar surface area (TPSA) is 58.6 Å². The number of hydrogen-bond acceptors (Lipinski definition) is 4. The largest absolute Gasteiger partial charge is 0.497 e. The van der Waals surface area contributed by atoms with E-state index in [-0.39, 0.29) is 17.1 Å². The summed E-state index contributed by atoms with van der Waals surface area (Å²) in [5.41, 5.74) is 2.29. The Hall–Kier alpha value is -2.47. The van der Waals surface area contributed by atoms with Gasteiger partial charge in [0.25, 0.3) is 5.91 Å². The van der Waals surface area contributed by atoms with Crippen molar-refractivity contribution in [3.8, 4) is 5.75 Å². The van der Waals surface area contributed by atoms with E-state index < -0.39 is 0 Å². The van der Waals surface area contributed by atoms with Crippen LogP contribution in [0.4, 0.5) is 5.69 Å². The maximum atomic E-state index is 12.7. The summed E-state index contributed by atoms with van der Waals surface area (Å²) < 4.78 is 5.14. The number of anilines is 1. The molecule has 0 radical (unpaired) electrons. The number of carbonyl (C=O) groups excluding carboxylic acids is 2. The lowest BCUT2D eigenvalue weighted by Crippen LogP contribution is -2.28. The molecule has 0 saturated carbocycles. The molecule has 25 heavy (non-hydrogen) atoms. The van der Waals surface area contributed by atoms with E-state index in [1.54, 1.807) is 25.1 Å². The van der Waals surface area contributed by atoms with Crippen molar-refractivity contribution in [1.29, 1.82) is 0 Å². The molecule has 0 saturated heterocycles. The fraction of sp³-hybridized carbons (Fsp3) is 0.263. The average molecular weight is 356 g/mol. The van der Waals surface area contributed by atoms with Crippen LogP contribution in [0.3, 0.4) is 0 Å². The Bertz CT molecular complexity index is 805. The van der Waals surface area contributed by atoms with Crippen LogP contribution in [0.2, 0.25) is 0 Å². The normalized spacial score (nSPS) is 16.0. The first-order valence-electron chi connectivity index (χ1n) is 7.98. The molecule has 1 aliphatic rings. The first kappa shape index (κ1) is 17.4. The van der Waals surface area contributed by atoms with E-state index >= 15 is 0 Å². The maximum Gasteiger partial charge on any atom is 0.253 e. The van der Waals surface area contributed by atoms with Crippen LogP contribution in [0.5, 0.6) is 5.75 Å². The highest BCUT2D eigenvalue weighted by Gasteiger charge is 2.24. The van der Waals surface area contributed by atoms with Gasteiger partial charge >= 0.3 is 0 Å². The van der Waals surface area contributed by atoms with E-state index in [0.717, 1.165) is 16.2 Å². The van der Waals surface area contributed by atoms with E-state index in [0.29, 0.717) is 17.8 Å². The standard InChI is InChI=1S/C19H20N2O3S/c1-12-18(22)20-16-10-14(6-9-17(16)25-12)19(23)21(2)11-13-4-7-15(24-3)8-5-13/h4-10,12H,11H2,1-3H3,(H,20,22)/t12-/m1/s1. The summed E-state index contributed by atoms with van der Waals surface area (Å²) in [6.07, 6.45) is 0. The predicted octanol–water partition coefficient (Wildman–Crippen LogP) is 3.40. The quantitative estimate of drug-likeness (QED) is 0.912. The van der Waals surface area contributed by atoms with Crippen LogP contribution in [0.15, 0.2) is 47.4 Å². The van der Waals surface area contributed by atoms with Gasteiger partial charge in [-0.25, -0.2) is 0 Å². The second kappa shape index (κ2) is 7.19. The van der Waals surface area contributed by atoms with Crippen LogP contribution in [0.25, 0.3) is 0 Å². The van der Waals surface area contributed by atoms with Gasteiger partial charge in [0.15, 0.2) is 0 Å². The summed E-state index contributed by atoms with van der Waals surface area (Å²) in [7, 11) is 3.39. The number of benzene rings is 2. The summed E-state index contributed by atoms with van der Waals surface area (Å²) in [5.74, 6) is 0.667. The van der Waals surface area contributed by atoms with Crippen LogP contribution in [-0.2, 0) is 11.3 Å². The third kappa shape index (κ3) is 3.79. The Morgan fingerprint density at radius 1 is 1.24 bits per heavy atom. The van der Waals surface area contributed by atoms with Crippen LogP contribution in [0.1, 0.15) is 22.8 Å². The number of fused-ring (bicyclic) bond motifs is 1. The zero-order valence-electron chi connectivity index (χ0n) is 14.4. The lowest BCUT2D eigenvalue weighted by Gasteiger charge is -2.23. The Balaban J connectivity index is 1.73. The highest BCUT2D eigenvalue weighted by atomic mass is 32.2. The Morgan fingerprint density at radius 3 is 2.64 bits per heavy atom. The van der Waals surface area contributed by atoms with Gasteiger partial charge in [-0.2, -0.15) is 0 Å². The van der Waals surface area contributed by atoms with Crippen LogP contribution < -0.4 is 10.1 Å². The number of nitrogens with one attached hydrogen (secondary N) is 1. The van der Waals surface area contributed by atoms with Crippen molar-refractivity contribution in [2.24, 2.45) is 0 Å². The van der Waals surface area contributed by atoms with Gasteiger partial charge in [0.1, 0.15) is 5.75 Å². The van der Waals surface area contributed by atoms with Crippen molar-refractivity contribution < 1.29 is 14.3 Å². The minimum Gasteiger partial charge on any atom is -0.497 e. The summed E-state index contributed by atoms with van der Waals surface area (Å²) >= 11 is 1.51. The Morgan fingerprint density at radius 2 is 1.96 bits per heavy atom. The molecule has 2 aromatic carbocycles. The molecule has 0 fully saturated rings. The van der Waals surface area contributed by atoms with E-state index in [1.165, 1.54) is 11.8 Å². The minimum absolute atomic E-state index is 0.0336. The van der Waals surface area contributed by atoms with Crippen LogP contribution >= 0.6 is 11.8 Å². The van der Waals surface area contributed by atoms with E-state index in [4.69, 9.17) is 4.74 Å². The lowest BCUT2D eigenvalue weighted by atomic mass is 10.1. The Labute approximate surface area is 151 Å². The molecule has 1 atom stereocenters. The molecule has 2 amide bonds. The summed E-state index contributed by atoms with van der Waals surface area (Å²) in [6.45, 7) is 2.36. The van der Waals surface area contributed by atoms with Gasteiger partial charge in [0, 0.05) is 24.1 Å². The number of ether oxygens (including phenoxy) is 1. The fourth-order valence-electron chi connectivity index (χ4n) is 2.64. The van der Waals surface area contributed by atoms with E-state index in [9.17, 15) is 9.59 Å². The van der Waals surface area contributed by atoms with Crippen LogP contribution in [0, 0.1) is 0 Å². The third-order valence-electron chi connectivity index (χ3n) is 4.08. The molecule has 1 N–H and O–H groups in total. The molecule has 0 aromatic heterocycles. The smallest absolute Gasteiger partial charge is 0.253 e. The number of hydrogen-bond donors (Lipinski definition) is 1. The van der Waals surface area contributed by atoms with Crippen molar-refractivity contribution in [1.82, 2.24) is 4.90 Å². The van der Waals surface area contributed by atoms with Crippen molar-refractivity contribution in [2.75, 3.05) is 19.5 Å². The molecule has 0 aliphatic carbocycles. The van der Waals surface area contributed by atoms with E-state index in [1.807, 2.05) is 43.3 Å². The zero-order chi connectivity index (χ0) is 18.0. The first-order valence-corrected chi connectivity index (χ1v) is 8.86. The number of thioether (sulfide) groups is 1. The minimum atomic E-state index is -0.119. The molecule has 5 nitrogen and oxygen atoms in total. The molecule has 2 aromatic rings. The molecule has 1 heterocycles. The fourth-order valence-corrected chi connectivity index (χ4v) is 3.57. The number of amides is 2. The molecule has 0 unspecified atom stereocenters. The molecule has 0 bridgehead atoms. The Kier molecular flexibility index (Phi) is 4.99. The van der Waals surface area contributed by atoms with Crippen molar-refractivity contribution in [3.63, 3.8) is 0 Å². The number of methoxy groups -OCH3 is 1. The average Bonchev–Trinajstić information content (AvgIpc) is 2.62. The second-order valence-electron chi connectivity index (χ2n) is 5.97. The summed E-state index contributed by atoms with van der Waals surface area (Å²) in [6, 6.07) is 13.1. The molecule has 130 valence electrons. The monoisotopic (exact) mass is 356 g/mol. The van der Waals surface area contributed by atoms with Gasteiger partial charge in [-0.1, -0.05) is 12.1 Å². The third-order valence-corrected chi connectivity index (χ3v) is 5.26. The molecule has 0 spiro atoms. The van der Waals surface area contributed by atoms with Gasteiger partial charge < -0.3 is 15.0 Å². The highest BCUT2D eigenvalue weighted by Crippen LogP contribution is 2.36. The van der Waals surface area contributed by atoms with Gasteiger partial charge in [-0.3, -0.25) is 9.59 Å².